The number of carbonyl (C=O) groups excluding carboxylic acids is 1. The molecule has 1 heterocycles. The van der Waals surface area contributed by atoms with E-state index in [-0.39, 0.29) is 5.60 Å². The van der Waals surface area contributed by atoms with E-state index in [1.807, 2.05) is 0 Å². The lowest BCUT2D eigenvalue weighted by atomic mass is 9.69. The molecule has 1 saturated heterocycles. The van der Waals surface area contributed by atoms with Gasteiger partial charge >= 0.3 is 0 Å². The number of carbonyl (C=O) groups is 1. The summed E-state index contributed by atoms with van der Waals surface area (Å²) < 4.78 is 5.90. The second kappa shape index (κ2) is 4.25. The van der Waals surface area contributed by atoms with E-state index < -0.39 is 0 Å². The van der Waals surface area contributed by atoms with Gasteiger partial charge in [0.2, 0.25) is 0 Å². The van der Waals surface area contributed by atoms with Gasteiger partial charge in [-0.2, -0.15) is 0 Å². The Bertz CT molecular complexity index is 243. The van der Waals surface area contributed by atoms with Crippen molar-refractivity contribution in [3.05, 3.63) is 0 Å². The van der Waals surface area contributed by atoms with Crippen molar-refractivity contribution in [2.75, 3.05) is 6.61 Å². The standard InChI is InChI=1S/C13H22O2/c1-10(8-11(2)14)12-4-7-15-13(9-12)5-3-6-13/h10,12H,3-9H2,1-2H3. The molecule has 2 rings (SSSR count). The molecule has 0 bridgehead atoms. The van der Waals surface area contributed by atoms with Crippen LogP contribution in [0.1, 0.15) is 52.4 Å². The van der Waals surface area contributed by atoms with Crippen LogP contribution in [0.3, 0.4) is 0 Å². The molecule has 15 heavy (non-hydrogen) atoms. The molecule has 0 aromatic heterocycles. The van der Waals surface area contributed by atoms with Crippen LogP contribution in [-0.2, 0) is 9.53 Å². The molecule has 0 aromatic carbocycles. The Kier molecular flexibility index (Phi) is 3.15. The average Bonchev–Trinajstić information content (AvgIpc) is 2.14. The molecule has 1 aliphatic carbocycles. The first-order valence-electron chi connectivity index (χ1n) is 6.25. The molecule has 2 heteroatoms. The van der Waals surface area contributed by atoms with E-state index in [2.05, 4.69) is 6.92 Å². The molecule has 86 valence electrons. The third-order valence-electron chi connectivity index (χ3n) is 4.21. The van der Waals surface area contributed by atoms with Crippen molar-refractivity contribution < 1.29 is 9.53 Å². The van der Waals surface area contributed by atoms with Crippen molar-refractivity contribution in [3.8, 4) is 0 Å². The highest BCUT2D eigenvalue weighted by atomic mass is 16.5. The number of hydrogen-bond donors (Lipinski definition) is 0. The van der Waals surface area contributed by atoms with Crippen LogP contribution in [0.2, 0.25) is 0 Å². The van der Waals surface area contributed by atoms with Gasteiger partial charge in [-0.1, -0.05) is 6.92 Å². The van der Waals surface area contributed by atoms with Crippen LogP contribution in [0.4, 0.5) is 0 Å². The van der Waals surface area contributed by atoms with Gasteiger partial charge in [-0.3, -0.25) is 0 Å². The summed E-state index contributed by atoms with van der Waals surface area (Å²) in [7, 11) is 0. The van der Waals surface area contributed by atoms with Gasteiger partial charge in [-0.05, 0) is 50.9 Å². The minimum absolute atomic E-state index is 0.230. The molecule has 1 saturated carbocycles. The highest BCUT2D eigenvalue weighted by Crippen LogP contribution is 2.46. The lowest BCUT2D eigenvalue weighted by Crippen LogP contribution is -2.46. The number of hydrogen-bond acceptors (Lipinski definition) is 2. The maximum absolute atomic E-state index is 11.1. The minimum atomic E-state index is 0.230. The molecular formula is C13H22O2. The topological polar surface area (TPSA) is 26.3 Å². The van der Waals surface area contributed by atoms with Crippen LogP contribution < -0.4 is 0 Å². The Morgan fingerprint density at radius 1 is 1.53 bits per heavy atom. The lowest BCUT2D eigenvalue weighted by Gasteiger charge is -2.48. The lowest BCUT2D eigenvalue weighted by molar-refractivity contribution is -0.150. The summed E-state index contributed by atoms with van der Waals surface area (Å²) >= 11 is 0. The van der Waals surface area contributed by atoms with Crippen LogP contribution in [0.25, 0.3) is 0 Å². The number of ether oxygens (including phenoxy) is 1. The Morgan fingerprint density at radius 2 is 2.27 bits per heavy atom. The first-order valence-corrected chi connectivity index (χ1v) is 6.25. The van der Waals surface area contributed by atoms with Crippen LogP contribution in [-0.4, -0.2) is 18.0 Å². The first kappa shape index (κ1) is 11.1. The van der Waals surface area contributed by atoms with Crippen molar-refractivity contribution in [1.29, 1.82) is 0 Å². The predicted octanol–water partition coefficient (Wildman–Crippen LogP) is 2.95. The van der Waals surface area contributed by atoms with Gasteiger partial charge in [-0.25, -0.2) is 0 Å². The molecule has 1 aliphatic heterocycles. The largest absolute Gasteiger partial charge is 0.375 e. The van der Waals surface area contributed by atoms with Crippen LogP contribution in [0.5, 0.6) is 0 Å². The van der Waals surface area contributed by atoms with Crippen molar-refractivity contribution in [2.45, 2.75) is 58.0 Å². The quantitative estimate of drug-likeness (QED) is 0.716. The smallest absolute Gasteiger partial charge is 0.130 e. The van der Waals surface area contributed by atoms with Crippen LogP contribution >= 0.6 is 0 Å². The molecule has 1 spiro atoms. The second-order valence-electron chi connectivity index (χ2n) is 5.52. The molecule has 2 fully saturated rings. The summed E-state index contributed by atoms with van der Waals surface area (Å²) in [6.45, 7) is 4.84. The number of Topliss-reactive ketones (excluding diaryl/α,β-unsaturated/α-hetero) is 1. The summed E-state index contributed by atoms with van der Waals surface area (Å²) in [5.41, 5.74) is 0.230. The Hall–Kier alpha value is -0.370. The maximum atomic E-state index is 11.1. The number of ketones is 1. The van der Waals surface area contributed by atoms with E-state index in [0.717, 1.165) is 19.4 Å². The molecule has 2 unspecified atom stereocenters. The summed E-state index contributed by atoms with van der Waals surface area (Å²) in [6, 6.07) is 0. The van der Waals surface area contributed by atoms with Gasteiger partial charge in [0.15, 0.2) is 0 Å². The third-order valence-corrected chi connectivity index (χ3v) is 4.21. The van der Waals surface area contributed by atoms with Gasteiger partial charge in [0.05, 0.1) is 5.60 Å². The molecule has 2 aliphatic rings. The molecule has 2 atom stereocenters. The second-order valence-corrected chi connectivity index (χ2v) is 5.52. The summed E-state index contributed by atoms with van der Waals surface area (Å²) in [4.78, 5) is 11.1. The Balaban J connectivity index is 1.89. The van der Waals surface area contributed by atoms with Gasteiger partial charge in [-0.15, -0.1) is 0 Å². The summed E-state index contributed by atoms with van der Waals surface area (Å²) in [5.74, 6) is 1.59. The van der Waals surface area contributed by atoms with Crippen molar-refractivity contribution in [1.82, 2.24) is 0 Å². The minimum Gasteiger partial charge on any atom is -0.375 e. The van der Waals surface area contributed by atoms with Gasteiger partial charge < -0.3 is 9.53 Å². The van der Waals surface area contributed by atoms with Crippen molar-refractivity contribution in [2.24, 2.45) is 11.8 Å². The van der Waals surface area contributed by atoms with Gasteiger partial charge in [0.25, 0.3) is 0 Å². The SMILES string of the molecule is CC(=O)CC(C)C1CCOC2(CCC2)C1. The van der Waals surface area contributed by atoms with Gasteiger partial charge in [0.1, 0.15) is 5.78 Å². The fraction of sp³-hybridized carbons (Fsp3) is 0.923. The van der Waals surface area contributed by atoms with E-state index >= 15 is 0 Å². The number of rotatable bonds is 3. The molecule has 0 aromatic rings. The maximum Gasteiger partial charge on any atom is 0.130 e. The Morgan fingerprint density at radius 3 is 2.80 bits per heavy atom. The first-order chi connectivity index (χ1) is 7.11. The average molecular weight is 210 g/mol. The van der Waals surface area contributed by atoms with Crippen LogP contribution in [0.15, 0.2) is 0 Å². The fourth-order valence-electron chi connectivity index (χ4n) is 3.09. The highest BCUT2D eigenvalue weighted by molar-refractivity contribution is 5.75. The van der Waals surface area contributed by atoms with Crippen molar-refractivity contribution in [3.63, 3.8) is 0 Å². The monoisotopic (exact) mass is 210 g/mol. The van der Waals surface area contributed by atoms with Gasteiger partial charge in [0, 0.05) is 13.0 Å². The fourth-order valence-corrected chi connectivity index (χ4v) is 3.09. The van der Waals surface area contributed by atoms with E-state index in [1.54, 1.807) is 6.92 Å². The third kappa shape index (κ3) is 2.41. The summed E-state index contributed by atoms with van der Waals surface area (Å²) in [5, 5.41) is 0. The zero-order valence-electron chi connectivity index (χ0n) is 9.92. The highest BCUT2D eigenvalue weighted by Gasteiger charge is 2.43. The van der Waals surface area contributed by atoms with E-state index in [4.69, 9.17) is 4.74 Å². The Labute approximate surface area is 92.4 Å². The van der Waals surface area contributed by atoms with E-state index in [9.17, 15) is 4.79 Å². The molecule has 0 N–H and O–H groups in total. The summed E-state index contributed by atoms with van der Waals surface area (Å²) in [6.07, 6.45) is 6.92. The zero-order chi connectivity index (χ0) is 10.9. The molecule has 0 amide bonds. The van der Waals surface area contributed by atoms with E-state index in [1.165, 1.54) is 25.7 Å². The van der Waals surface area contributed by atoms with Crippen LogP contribution in [0, 0.1) is 11.8 Å². The predicted molar refractivity (Wildman–Crippen MR) is 59.7 cm³/mol. The molecule has 2 nitrogen and oxygen atoms in total. The van der Waals surface area contributed by atoms with E-state index in [0.29, 0.717) is 17.6 Å². The zero-order valence-corrected chi connectivity index (χ0v) is 9.92. The molecular weight excluding hydrogens is 188 g/mol. The normalized spacial score (nSPS) is 30.9. The van der Waals surface area contributed by atoms with Crippen molar-refractivity contribution >= 4 is 5.78 Å². The molecule has 0 radical (unpaired) electrons.